The summed E-state index contributed by atoms with van der Waals surface area (Å²) in [5, 5.41) is 5.79. The van der Waals surface area contributed by atoms with E-state index in [2.05, 4.69) is 17.6 Å². The van der Waals surface area contributed by atoms with Crippen molar-refractivity contribution in [2.75, 3.05) is 17.2 Å². The highest BCUT2D eigenvalue weighted by Crippen LogP contribution is 2.23. The molecule has 0 radical (unpaired) electrons. The van der Waals surface area contributed by atoms with Gasteiger partial charge >= 0.3 is 0 Å². The molecule has 3 aromatic rings. The highest BCUT2D eigenvalue weighted by atomic mass is 16.5. The summed E-state index contributed by atoms with van der Waals surface area (Å²) in [5.74, 6) is -0.0612. The van der Waals surface area contributed by atoms with Crippen LogP contribution in [0.5, 0.6) is 5.75 Å². The summed E-state index contributed by atoms with van der Waals surface area (Å²) < 4.78 is 5.84. The lowest BCUT2D eigenvalue weighted by Crippen LogP contribution is -2.19. The zero-order valence-electron chi connectivity index (χ0n) is 18.9. The second kappa shape index (κ2) is 11.1. The molecule has 3 rings (SSSR count). The first-order valence-corrected chi connectivity index (χ1v) is 11.0. The minimum absolute atomic E-state index is 0.284. The number of para-hydroxylation sites is 2. The van der Waals surface area contributed by atoms with Gasteiger partial charge < -0.3 is 15.4 Å². The number of carbonyl (C=O) groups is 2. The van der Waals surface area contributed by atoms with Crippen molar-refractivity contribution in [1.29, 1.82) is 0 Å². The number of nitrogens with one attached hydrogen (secondary N) is 2. The lowest BCUT2D eigenvalue weighted by atomic mass is 10.1. The van der Waals surface area contributed by atoms with Gasteiger partial charge in [0.15, 0.2) is 0 Å². The normalized spacial score (nSPS) is 10.5. The first kappa shape index (κ1) is 23.1. The van der Waals surface area contributed by atoms with Crippen LogP contribution in [0.2, 0.25) is 0 Å². The van der Waals surface area contributed by atoms with Crippen molar-refractivity contribution < 1.29 is 14.3 Å². The molecular formula is C27H30N2O3. The third-order valence-corrected chi connectivity index (χ3v) is 5.32. The van der Waals surface area contributed by atoms with Crippen molar-refractivity contribution in [1.82, 2.24) is 0 Å². The number of rotatable bonds is 9. The predicted molar refractivity (Wildman–Crippen MR) is 130 cm³/mol. The molecule has 0 fully saturated rings. The number of unbranched alkanes of at least 4 members (excludes halogenated alkanes) is 2. The molecule has 32 heavy (non-hydrogen) atoms. The maximum Gasteiger partial charge on any atom is 0.259 e. The predicted octanol–water partition coefficient (Wildman–Crippen LogP) is 6.38. The Morgan fingerprint density at radius 2 is 1.47 bits per heavy atom. The summed E-state index contributed by atoms with van der Waals surface area (Å²) in [6.45, 7) is 6.72. The van der Waals surface area contributed by atoms with Gasteiger partial charge in [-0.2, -0.15) is 0 Å². The molecule has 2 amide bonds. The molecule has 0 heterocycles. The Kier molecular flexibility index (Phi) is 8.03. The van der Waals surface area contributed by atoms with Crippen molar-refractivity contribution in [2.24, 2.45) is 0 Å². The largest absolute Gasteiger partial charge is 0.493 e. The average Bonchev–Trinajstić information content (AvgIpc) is 2.79. The minimum atomic E-state index is -0.317. The monoisotopic (exact) mass is 430 g/mol. The van der Waals surface area contributed by atoms with Crippen LogP contribution in [0.3, 0.4) is 0 Å². The summed E-state index contributed by atoms with van der Waals surface area (Å²) >= 11 is 0. The number of amides is 2. The van der Waals surface area contributed by atoms with Crippen LogP contribution in [-0.4, -0.2) is 18.4 Å². The molecule has 0 unspecified atom stereocenters. The SMILES string of the molecule is CCCCCOc1ccccc1C(=O)Nc1ccccc1C(=O)Nc1ccc(C)c(C)c1. The van der Waals surface area contributed by atoms with Gasteiger partial charge in [0.25, 0.3) is 11.8 Å². The molecule has 0 spiro atoms. The molecule has 0 atom stereocenters. The van der Waals surface area contributed by atoms with Gasteiger partial charge in [-0.05, 0) is 67.8 Å². The van der Waals surface area contributed by atoms with Gasteiger partial charge in [0, 0.05) is 5.69 Å². The van der Waals surface area contributed by atoms with Crippen molar-refractivity contribution in [2.45, 2.75) is 40.0 Å². The fourth-order valence-corrected chi connectivity index (χ4v) is 3.31. The zero-order chi connectivity index (χ0) is 22.9. The van der Waals surface area contributed by atoms with E-state index in [1.54, 1.807) is 42.5 Å². The van der Waals surface area contributed by atoms with Crippen LogP contribution in [0.25, 0.3) is 0 Å². The van der Waals surface area contributed by atoms with Crippen LogP contribution in [-0.2, 0) is 0 Å². The Labute approximate surface area is 189 Å². The number of aryl methyl sites for hydroxylation is 2. The zero-order valence-corrected chi connectivity index (χ0v) is 18.9. The molecule has 5 heteroatoms. The Morgan fingerprint density at radius 1 is 0.781 bits per heavy atom. The van der Waals surface area contributed by atoms with E-state index in [0.29, 0.717) is 34.9 Å². The summed E-state index contributed by atoms with van der Waals surface area (Å²) in [4.78, 5) is 25.9. The Bertz CT molecular complexity index is 1090. The van der Waals surface area contributed by atoms with Crippen molar-refractivity contribution in [3.8, 4) is 5.75 Å². The van der Waals surface area contributed by atoms with E-state index in [-0.39, 0.29) is 11.8 Å². The van der Waals surface area contributed by atoms with Crippen LogP contribution in [0.1, 0.15) is 58.0 Å². The topological polar surface area (TPSA) is 67.4 Å². The van der Waals surface area contributed by atoms with Crippen LogP contribution < -0.4 is 15.4 Å². The third-order valence-electron chi connectivity index (χ3n) is 5.32. The number of hydrogen-bond donors (Lipinski definition) is 2. The van der Waals surface area contributed by atoms with Gasteiger partial charge in [-0.25, -0.2) is 0 Å². The summed E-state index contributed by atoms with van der Waals surface area (Å²) in [6, 6.07) is 19.9. The highest BCUT2D eigenvalue weighted by molar-refractivity contribution is 6.13. The second-order valence-electron chi connectivity index (χ2n) is 7.80. The minimum Gasteiger partial charge on any atom is -0.493 e. The Balaban J connectivity index is 1.75. The summed E-state index contributed by atoms with van der Waals surface area (Å²) in [7, 11) is 0. The molecular weight excluding hydrogens is 400 g/mol. The van der Waals surface area contributed by atoms with E-state index in [1.165, 1.54) is 0 Å². The van der Waals surface area contributed by atoms with Crippen molar-refractivity contribution >= 4 is 23.2 Å². The standard InChI is InChI=1S/C27H30N2O3/c1-4-5-10-17-32-25-14-9-7-12-23(25)27(31)29-24-13-8-6-11-22(24)26(30)28-21-16-15-19(2)20(3)18-21/h6-9,11-16,18H,4-5,10,17H2,1-3H3,(H,28,30)(H,29,31). The van der Waals surface area contributed by atoms with Crippen molar-refractivity contribution in [3.05, 3.63) is 89.0 Å². The van der Waals surface area contributed by atoms with Crippen LogP contribution in [0.15, 0.2) is 66.7 Å². The molecule has 0 aliphatic rings. The Hall–Kier alpha value is -3.60. The van der Waals surface area contributed by atoms with Gasteiger partial charge in [-0.1, -0.05) is 50.1 Å². The second-order valence-corrected chi connectivity index (χ2v) is 7.80. The molecule has 0 aliphatic carbocycles. The van der Waals surface area contributed by atoms with Crippen molar-refractivity contribution in [3.63, 3.8) is 0 Å². The smallest absolute Gasteiger partial charge is 0.259 e. The highest BCUT2D eigenvalue weighted by Gasteiger charge is 2.17. The molecule has 3 aromatic carbocycles. The molecule has 166 valence electrons. The number of benzene rings is 3. The fourth-order valence-electron chi connectivity index (χ4n) is 3.31. The van der Waals surface area contributed by atoms with E-state index in [4.69, 9.17) is 4.74 Å². The van der Waals surface area contributed by atoms with E-state index in [1.807, 2.05) is 38.1 Å². The van der Waals surface area contributed by atoms with E-state index >= 15 is 0 Å². The first-order chi connectivity index (χ1) is 15.5. The molecule has 0 bridgehead atoms. The van der Waals surface area contributed by atoms with Gasteiger partial charge in [0.2, 0.25) is 0 Å². The molecule has 5 nitrogen and oxygen atoms in total. The lowest BCUT2D eigenvalue weighted by Gasteiger charge is -2.14. The number of ether oxygens (including phenoxy) is 1. The Morgan fingerprint density at radius 3 is 2.22 bits per heavy atom. The molecule has 0 aromatic heterocycles. The van der Waals surface area contributed by atoms with E-state index in [9.17, 15) is 9.59 Å². The van der Waals surface area contributed by atoms with Crippen LogP contribution in [0, 0.1) is 13.8 Å². The first-order valence-electron chi connectivity index (χ1n) is 11.0. The van der Waals surface area contributed by atoms with E-state index in [0.717, 1.165) is 30.4 Å². The van der Waals surface area contributed by atoms with Gasteiger partial charge in [0.05, 0.1) is 23.4 Å². The fraction of sp³-hybridized carbons (Fsp3) is 0.259. The average molecular weight is 431 g/mol. The molecule has 2 N–H and O–H groups in total. The summed E-state index contributed by atoms with van der Waals surface area (Å²) in [5.41, 5.74) is 4.24. The molecule has 0 aliphatic heterocycles. The quantitative estimate of drug-likeness (QED) is 0.387. The van der Waals surface area contributed by atoms with Crippen LogP contribution >= 0.6 is 0 Å². The molecule has 0 saturated heterocycles. The third kappa shape index (κ3) is 5.97. The maximum atomic E-state index is 13.0. The maximum absolute atomic E-state index is 13.0. The summed E-state index contributed by atoms with van der Waals surface area (Å²) in [6.07, 6.45) is 3.12. The molecule has 0 saturated carbocycles. The van der Waals surface area contributed by atoms with E-state index < -0.39 is 0 Å². The number of hydrogen-bond acceptors (Lipinski definition) is 3. The van der Waals surface area contributed by atoms with Gasteiger partial charge in [0.1, 0.15) is 5.75 Å². The van der Waals surface area contributed by atoms with Crippen LogP contribution in [0.4, 0.5) is 11.4 Å². The van der Waals surface area contributed by atoms with Gasteiger partial charge in [-0.15, -0.1) is 0 Å². The van der Waals surface area contributed by atoms with Gasteiger partial charge in [-0.3, -0.25) is 9.59 Å². The number of carbonyl (C=O) groups excluding carboxylic acids is 2. The lowest BCUT2D eigenvalue weighted by molar-refractivity contribution is 0.102. The number of anilines is 2.